The largest absolute Gasteiger partial charge is 0.481 e. The van der Waals surface area contributed by atoms with Crippen LogP contribution in [0.25, 0.3) is 0 Å². The number of carboxylic acids is 1. The smallest absolute Gasteiger partial charge is 0.305 e. The zero-order valence-corrected chi connectivity index (χ0v) is 9.27. The monoisotopic (exact) mass is 226 g/mol. The summed E-state index contributed by atoms with van der Waals surface area (Å²) in [6.07, 6.45) is -0.174. The van der Waals surface area contributed by atoms with Gasteiger partial charge in [0.2, 0.25) is 0 Å². The maximum Gasteiger partial charge on any atom is 0.305 e. The van der Waals surface area contributed by atoms with Crippen LogP contribution in [0, 0.1) is 5.82 Å². The van der Waals surface area contributed by atoms with Crippen molar-refractivity contribution in [3.05, 3.63) is 29.6 Å². The van der Waals surface area contributed by atoms with E-state index in [-0.39, 0.29) is 12.2 Å². The van der Waals surface area contributed by atoms with Gasteiger partial charge in [0.15, 0.2) is 0 Å². The predicted octanol–water partition coefficient (Wildman–Crippen LogP) is 1.37. The third kappa shape index (κ3) is 2.93. The standard InChI is InChI=1S/C11H15FN2O2/c1-14(2)10-5-7(12)3-4-8(10)9(13)6-11(15)16/h3-5,9H,6,13H2,1-2H3,(H,15,16). The van der Waals surface area contributed by atoms with E-state index < -0.39 is 12.0 Å². The predicted molar refractivity (Wildman–Crippen MR) is 59.9 cm³/mol. The van der Waals surface area contributed by atoms with Crippen LogP contribution in [0.4, 0.5) is 10.1 Å². The first-order valence-corrected chi connectivity index (χ1v) is 4.86. The van der Waals surface area contributed by atoms with Crippen molar-refractivity contribution in [2.24, 2.45) is 5.73 Å². The number of carboxylic acid groups (broad SMARTS) is 1. The molecule has 88 valence electrons. The van der Waals surface area contributed by atoms with Crippen molar-refractivity contribution < 1.29 is 14.3 Å². The van der Waals surface area contributed by atoms with E-state index >= 15 is 0 Å². The molecule has 16 heavy (non-hydrogen) atoms. The van der Waals surface area contributed by atoms with Crippen molar-refractivity contribution >= 4 is 11.7 Å². The lowest BCUT2D eigenvalue weighted by Crippen LogP contribution is -2.20. The molecule has 0 aliphatic heterocycles. The Morgan fingerprint density at radius 3 is 2.69 bits per heavy atom. The van der Waals surface area contributed by atoms with E-state index in [0.29, 0.717) is 11.3 Å². The van der Waals surface area contributed by atoms with E-state index in [9.17, 15) is 9.18 Å². The minimum absolute atomic E-state index is 0.174. The molecule has 1 aromatic carbocycles. The summed E-state index contributed by atoms with van der Waals surface area (Å²) >= 11 is 0. The van der Waals surface area contributed by atoms with Crippen LogP contribution in [0.2, 0.25) is 0 Å². The van der Waals surface area contributed by atoms with Gasteiger partial charge in [-0.05, 0) is 17.7 Å². The maximum atomic E-state index is 13.0. The molecule has 1 atom stereocenters. The Kier molecular flexibility index (Phi) is 3.84. The zero-order chi connectivity index (χ0) is 12.3. The molecule has 0 aliphatic rings. The third-order valence-corrected chi connectivity index (χ3v) is 2.27. The molecule has 0 saturated carbocycles. The molecule has 0 fully saturated rings. The Labute approximate surface area is 93.5 Å². The minimum Gasteiger partial charge on any atom is -0.481 e. The first kappa shape index (κ1) is 12.4. The van der Waals surface area contributed by atoms with Crippen molar-refractivity contribution in [2.75, 3.05) is 19.0 Å². The summed E-state index contributed by atoms with van der Waals surface area (Å²) < 4.78 is 13.0. The summed E-state index contributed by atoms with van der Waals surface area (Å²) in [5, 5.41) is 8.66. The summed E-state index contributed by atoms with van der Waals surface area (Å²) in [7, 11) is 3.51. The fraction of sp³-hybridized carbons (Fsp3) is 0.364. The second kappa shape index (κ2) is 4.94. The lowest BCUT2D eigenvalue weighted by Gasteiger charge is -2.20. The molecular formula is C11H15FN2O2. The van der Waals surface area contributed by atoms with Gasteiger partial charge in [0, 0.05) is 25.8 Å². The average molecular weight is 226 g/mol. The summed E-state index contributed by atoms with van der Waals surface area (Å²) in [6.45, 7) is 0. The first-order valence-electron chi connectivity index (χ1n) is 4.86. The van der Waals surface area contributed by atoms with Crippen LogP contribution in [0.1, 0.15) is 18.0 Å². The van der Waals surface area contributed by atoms with Gasteiger partial charge in [-0.2, -0.15) is 0 Å². The lowest BCUT2D eigenvalue weighted by molar-refractivity contribution is -0.137. The Morgan fingerprint density at radius 1 is 1.56 bits per heavy atom. The van der Waals surface area contributed by atoms with Gasteiger partial charge >= 0.3 is 5.97 Å². The molecular weight excluding hydrogens is 211 g/mol. The van der Waals surface area contributed by atoms with Gasteiger partial charge in [-0.15, -0.1) is 0 Å². The number of nitrogens with zero attached hydrogens (tertiary/aromatic N) is 1. The fourth-order valence-corrected chi connectivity index (χ4v) is 1.52. The highest BCUT2D eigenvalue weighted by molar-refractivity contribution is 5.69. The highest BCUT2D eigenvalue weighted by Crippen LogP contribution is 2.26. The van der Waals surface area contributed by atoms with Crippen LogP contribution in [-0.4, -0.2) is 25.2 Å². The highest BCUT2D eigenvalue weighted by atomic mass is 19.1. The number of hydrogen-bond donors (Lipinski definition) is 2. The van der Waals surface area contributed by atoms with E-state index in [1.165, 1.54) is 18.2 Å². The fourth-order valence-electron chi connectivity index (χ4n) is 1.52. The molecule has 0 saturated heterocycles. The van der Waals surface area contributed by atoms with Crippen molar-refractivity contribution in [2.45, 2.75) is 12.5 Å². The number of halogens is 1. The summed E-state index contributed by atoms with van der Waals surface area (Å²) in [6, 6.07) is 3.52. The molecule has 0 aromatic heterocycles. The molecule has 0 amide bonds. The summed E-state index contributed by atoms with van der Waals surface area (Å²) in [5.74, 6) is -1.34. The Morgan fingerprint density at radius 2 is 2.19 bits per heavy atom. The van der Waals surface area contributed by atoms with Gasteiger partial charge in [-0.25, -0.2) is 4.39 Å². The number of anilines is 1. The van der Waals surface area contributed by atoms with Gasteiger partial charge in [0.25, 0.3) is 0 Å². The second-order valence-corrected chi connectivity index (χ2v) is 3.80. The van der Waals surface area contributed by atoms with Crippen LogP contribution in [-0.2, 0) is 4.79 Å². The molecule has 5 heteroatoms. The molecule has 1 rings (SSSR count). The van der Waals surface area contributed by atoms with Crippen molar-refractivity contribution in [1.29, 1.82) is 0 Å². The average Bonchev–Trinajstić information content (AvgIpc) is 2.16. The van der Waals surface area contributed by atoms with Crippen LogP contribution in [0.15, 0.2) is 18.2 Å². The van der Waals surface area contributed by atoms with Crippen LogP contribution in [0.3, 0.4) is 0 Å². The molecule has 0 spiro atoms. The van der Waals surface area contributed by atoms with Crippen LogP contribution < -0.4 is 10.6 Å². The highest BCUT2D eigenvalue weighted by Gasteiger charge is 2.16. The molecule has 1 aromatic rings. The zero-order valence-electron chi connectivity index (χ0n) is 9.27. The maximum absolute atomic E-state index is 13.0. The van der Waals surface area contributed by atoms with Gasteiger partial charge in [-0.3, -0.25) is 4.79 Å². The normalized spacial score (nSPS) is 12.2. The van der Waals surface area contributed by atoms with E-state index in [1.54, 1.807) is 19.0 Å². The summed E-state index contributed by atoms with van der Waals surface area (Å²) in [5.41, 5.74) is 6.99. The van der Waals surface area contributed by atoms with Gasteiger partial charge in [-0.1, -0.05) is 6.07 Å². The molecule has 0 bridgehead atoms. The number of carbonyl (C=O) groups is 1. The SMILES string of the molecule is CN(C)c1cc(F)ccc1C(N)CC(=O)O. The molecule has 3 N–H and O–H groups in total. The molecule has 0 aliphatic carbocycles. The van der Waals surface area contributed by atoms with Crippen LogP contribution in [0.5, 0.6) is 0 Å². The van der Waals surface area contributed by atoms with Crippen LogP contribution >= 0.6 is 0 Å². The Balaban J connectivity index is 3.07. The van der Waals surface area contributed by atoms with E-state index in [2.05, 4.69) is 0 Å². The first-order chi connectivity index (χ1) is 7.41. The minimum atomic E-state index is -0.971. The molecule has 0 heterocycles. The summed E-state index contributed by atoms with van der Waals surface area (Å²) in [4.78, 5) is 12.3. The molecule has 1 unspecified atom stereocenters. The second-order valence-electron chi connectivity index (χ2n) is 3.80. The van der Waals surface area contributed by atoms with Gasteiger partial charge in [0.05, 0.1) is 6.42 Å². The molecule has 0 radical (unpaired) electrons. The topological polar surface area (TPSA) is 66.6 Å². The number of hydrogen-bond acceptors (Lipinski definition) is 3. The quantitative estimate of drug-likeness (QED) is 0.813. The van der Waals surface area contributed by atoms with Crippen molar-refractivity contribution in [3.63, 3.8) is 0 Å². The van der Waals surface area contributed by atoms with E-state index in [1.807, 2.05) is 0 Å². The number of benzene rings is 1. The number of nitrogens with two attached hydrogens (primary N) is 1. The van der Waals surface area contributed by atoms with Gasteiger partial charge < -0.3 is 15.7 Å². The Hall–Kier alpha value is -1.62. The number of aliphatic carboxylic acids is 1. The van der Waals surface area contributed by atoms with Crippen molar-refractivity contribution in [3.8, 4) is 0 Å². The van der Waals surface area contributed by atoms with E-state index in [0.717, 1.165) is 0 Å². The van der Waals surface area contributed by atoms with Gasteiger partial charge in [0.1, 0.15) is 5.82 Å². The van der Waals surface area contributed by atoms with E-state index in [4.69, 9.17) is 10.8 Å². The third-order valence-electron chi connectivity index (χ3n) is 2.27. The molecule has 4 nitrogen and oxygen atoms in total. The number of rotatable bonds is 4. The van der Waals surface area contributed by atoms with Crippen molar-refractivity contribution in [1.82, 2.24) is 0 Å². The Bertz CT molecular complexity index is 394. The lowest BCUT2D eigenvalue weighted by atomic mass is 10.0.